The molecule has 0 radical (unpaired) electrons. The molecule has 0 aliphatic carbocycles. The van der Waals surface area contributed by atoms with Gasteiger partial charge in [-0.2, -0.15) is 0 Å². The largest absolute Gasteiger partial charge is 0.465 e. The van der Waals surface area contributed by atoms with E-state index in [1.165, 1.54) is 37.7 Å². The first-order chi connectivity index (χ1) is 11.5. The molecule has 3 rings (SSSR count). The van der Waals surface area contributed by atoms with Gasteiger partial charge in [0, 0.05) is 6.54 Å². The van der Waals surface area contributed by atoms with E-state index in [2.05, 4.69) is 21.8 Å². The maximum atomic E-state index is 12.4. The minimum absolute atomic E-state index is 0.178. The van der Waals surface area contributed by atoms with Gasteiger partial charge in [-0.05, 0) is 37.8 Å². The first-order valence-electron chi connectivity index (χ1n) is 8.36. The van der Waals surface area contributed by atoms with Gasteiger partial charge in [-0.25, -0.2) is 9.78 Å². The molecule has 0 spiro atoms. The van der Waals surface area contributed by atoms with E-state index in [1.54, 1.807) is 6.92 Å². The molecule has 0 amide bonds. The van der Waals surface area contributed by atoms with E-state index in [0.29, 0.717) is 33.0 Å². The number of esters is 1. The number of H-pyrrole nitrogens is 1. The number of carbonyl (C=O) groups excluding carboxylic acids is 1. The van der Waals surface area contributed by atoms with Crippen LogP contribution < -0.4 is 5.56 Å². The number of aryl methyl sites for hydroxylation is 1. The SMILES string of the molecule is CC[C@@H]1CCCN(Cc2nc3sc(C(=O)OC)c(C)c3c(=O)[nH]2)C1. The normalized spacial score (nSPS) is 18.9. The molecule has 0 unspecified atom stereocenters. The zero-order valence-corrected chi connectivity index (χ0v) is 15.2. The van der Waals surface area contributed by atoms with Gasteiger partial charge in [0.15, 0.2) is 0 Å². The minimum atomic E-state index is -0.418. The third-order valence-corrected chi connectivity index (χ3v) is 5.94. The molecule has 1 saturated heterocycles. The van der Waals surface area contributed by atoms with Crippen LogP contribution in [-0.4, -0.2) is 41.0 Å². The molecule has 2 aromatic rings. The highest BCUT2D eigenvalue weighted by atomic mass is 32.1. The summed E-state index contributed by atoms with van der Waals surface area (Å²) in [6.45, 7) is 6.72. The molecule has 2 aromatic heterocycles. The second-order valence-electron chi connectivity index (χ2n) is 6.39. The minimum Gasteiger partial charge on any atom is -0.465 e. The molecule has 3 heterocycles. The van der Waals surface area contributed by atoms with Crippen molar-refractivity contribution in [1.29, 1.82) is 0 Å². The van der Waals surface area contributed by atoms with E-state index in [1.807, 2.05) is 0 Å². The van der Waals surface area contributed by atoms with Crippen LogP contribution in [0.3, 0.4) is 0 Å². The van der Waals surface area contributed by atoms with Crippen LogP contribution in [-0.2, 0) is 11.3 Å². The first kappa shape index (κ1) is 17.1. The maximum Gasteiger partial charge on any atom is 0.348 e. The van der Waals surface area contributed by atoms with Gasteiger partial charge in [-0.15, -0.1) is 11.3 Å². The summed E-state index contributed by atoms with van der Waals surface area (Å²) in [7, 11) is 1.34. The molecule has 130 valence electrons. The zero-order chi connectivity index (χ0) is 17.3. The highest BCUT2D eigenvalue weighted by Gasteiger charge is 2.22. The Morgan fingerprint density at radius 3 is 3.00 bits per heavy atom. The summed E-state index contributed by atoms with van der Waals surface area (Å²) in [5.41, 5.74) is 0.467. The van der Waals surface area contributed by atoms with Gasteiger partial charge in [-0.3, -0.25) is 9.69 Å². The second-order valence-corrected chi connectivity index (χ2v) is 7.39. The van der Waals surface area contributed by atoms with Gasteiger partial charge in [0.1, 0.15) is 15.5 Å². The average Bonchev–Trinajstić information content (AvgIpc) is 2.91. The fraction of sp³-hybridized carbons (Fsp3) is 0.588. The number of piperidine rings is 1. The number of nitrogens with one attached hydrogen (secondary N) is 1. The molecule has 6 nitrogen and oxygen atoms in total. The van der Waals surface area contributed by atoms with E-state index in [-0.39, 0.29) is 5.56 Å². The Hall–Kier alpha value is -1.73. The molecule has 1 atom stereocenters. The molecule has 1 aliphatic rings. The van der Waals surface area contributed by atoms with Crippen molar-refractivity contribution in [2.75, 3.05) is 20.2 Å². The lowest BCUT2D eigenvalue weighted by Crippen LogP contribution is -2.35. The maximum absolute atomic E-state index is 12.4. The molecule has 0 saturated carbocycles. The predicted molar refractivity (Wildman–Crippen MR) is 94.6 cm³/mol. The van der Waals surface area contributed by atoms with Gasteiger partial charge in [0.2, 0.25) is 0 Å². The number of methoxy groups -OCH3 is 1. The van der Waals surface area contributed by atoms with Crippen LogP contribution in [0.2, 0.25) is 0 Å². The number of hydrogen-bond donors (Lipinski definition) is 1. The molecule has 7 heteroatoms. The number of likely N-dealkylation sites (tertiary alicyclic amines) is 1. The van der Waals surface area contributed by atoms with E-state index in [0.717, 1.165) is 19.0 Å². The Kier molecular flexibility index (Phi) is 5.01. The number of hydrogen-bond acceptors (Lipinski definition) is 6. The monoisotopic (exact) mass is 349 g/mol. The second kappa shape index (κ2) is 7.03. The van der Waals surface area contributed by atoms with Gasteiger partial charge in [0.25, 0.3) is 5.56 Å². The number of nitrogens with zero attached hydrogens (tertiary/aromatic N) is 2. The lowest BCUT2D eigenvalue weighted by molar-refractivity contribution is 0.0605. The molecule has 1 N–H and O–H groups in total. The van der Waals surface area contributed by atoms with Crippen LogP contribution in [0, 0.1) is 12.8 Å². The quantitative estimate of drug-likeness (QED) is 0.859. The first-order valence-corrected chi connectivity index (χ1v) is 9.18. The predicted octanol–water partition coefficient (Wildman–Crippen LogP) is 2.70. The Morgan fingerprint density at radius 1 is 1.50 bits per heavy atom. The molecular weight excluding hydrogens is 326 g/mol. The Balaban J connectivity index is 1.90. The Bertz CT molecular complexity index is 811. The van der Waals surface area contributed by atoms with Crippen LogP contribution in [0.25, 0.3) is 10.2 Å². The molecule has 1 fully saturated rings. The van der Waals surface area contributed by atoms with Crippen molar-refractivity contribution in [2.24, 2.45) is 5.92 Å². The van der Waals surface area contributed by atoms with Crippen molar-refractivity contribution < 1.29 is 9.53 Å². The van der Waals surface area contributed by atoms with Crippen molar-refractivity contribution >= 4 is 27.5 Å². The lowest BCUT2D eigenvalue weighted by atomic mass is 9.96. The number of carbonyl (C=O) groups is 1. The number of thiophene rings is 1. The van der Waals surface area contributed by atoms with Crippen LogP contribution in [0.15, 0.2) is 4.79 Å². The van der Waals surface area contributed by atoms with E-state index in [4.69, 9.17) is 4.74 Å². The summed E-state index contributed by atoms with van der Waals surface area (Å²) in [4.78, 5) is 35.2. The van der Waals surface area contributed by atoms with Gasteiger partial charge in [-0.1, -0.05) is 13.3 Å². The fourth-order valence-corrected chi connectivity index (χ4v) is 4.51. The van der Waals surface area contributed by atoms with E-state index < -0.39 is 5.97 Å². The van der Waals surface area contributed by atoms with Crippen molar-refractivity contribution in [3.05, 3.63) is 26.6 Å². The van der Waals surface area contributed by atoms with Gasteiger partial charge < -0.3 is 9.72 Å². The highest BCUT2D eigenvalue weighted by Crippen LogP contribution is 2.28. The van der Waals surface area contributed by atoms with Crippen molar-refractivity contribution in [1.82, 2.24) is 14.9 Å². The van der Waals surface area contributed by atoms with Crippen molar-refractivity contribution in [3.8, 4) is 0 Å². The number of rotatable bonds is 4. The third kappa shape index (κ3) is 3.23. The van der Waals surface area contributed by atoms with Crippen molar-refractivity contribution in [2.45, 2.75) is 39.7 Å². The van der Waals surface area contributed by atoms with Gasteiger partial charge >= 0.3 is 5.97 Å². The smallest absolute Gasteiger partial charge is 0.348 e. The Labute approximate surface area is 144 Å². The zero-order valence-electron chi connectivity index (χ0n) is 14.3. The third-order valence-electron chi connectivity index (χ3n) is 4.77. The number of fused-ring (bicyclic) bond motifs is 1. The standard InChI is InChI=1S/C17H23N3O3S/c1-4-11-6-5-7-20(8-11)9-12-18-15(21)13-10(2)14(17(22)23-3)24-16(13)19-12/h11H,4-9H2,1-3H3,(H,18,19,21)/t11-/m1/s1. The van der Waals surface area contributed by atoms with Crippen LogP contribution in [0.4, 0.5) is 0 Å². The molecule has 24 heavy (non-hydrogen) atoms. The number of ether oxygens (including phenoxy) is 1. The number of aromatic amines is 1. The molecule has 1 aliphatic heterocycles. The van der Waals surface area contributed by atoms with E-state index >= 15 is 0 Å². The summed E-state index contributed by atoms with van der Waals surface area (Å²) < 4.78 is 4.79. The fourth-order valence-electron chi connectivity index (χ4n) is 3.39. The molecule has 0 aromatic carbocycles. The number of aromatic nitrogens is 2. The lowest BCUT2D eigenvalue weighted by Gasteiger charge is -2.31. The summed E-state index contributed by atoms with van der Waals surface area (Å²) in [5.74, 6) is 0.976. The van der Waals surface area contributed by atoms with Crippen LogP contribution in [0.1, 0.15) is 47.2 Å². The summed E-state index contributed by atoms with van der Waals surface area (Å²) in [6, 6.07) is 0. The summed E-state index contributed by atoms with van der Waals surface area (Å²) >= 11 is 1.23. The van der Waals surface area contributed by atoms with Crippen LogP contribution in [0.5, 0.6) is 0 Å². The van der Waals surface area contributed by atoms with Gasteiger partial charge in [0.05, 0.1) is 19.0 Å². The Morgan fingerprint density at radius 2 is 2.29 bits per heavy atom. The molecular formula is C17H23N3O3S. The summed E-state index contributed by atoms with van der Waals surface area (Å²) in [6.07, 6.45) is 3.66. The van der Waals surface area contributed by atoms with Crippen LogP contribution >= 0.6 is 11.3 Å². The van der Waals surface area contributed by atoms with Crippen molar-refractivity contribution in [3.63, 3.8) is 0 Å². The summed E-state index contributed by atoms with van der Waals surface area (Å²) in [5, 5.41) is 0.495. The molecule has 0 bridgehead atoms. The van der Waals surface area contributed by atoms with E-state index in [9.17, 15) is 9.59 Å². The average molecular weight is 349 g/mol. The highest BCUT2D eigenvalue weighted by molar-refractivity contribution is 7.20. The topological polar surface area (TPSA) is 75.3 Å².